The first-order valence-electron chi connectivity index (χ1n) is 7.30. The molecule has 1 aromatic rings. The number of hydrogen-bond acceptors (Lipinski definition) is 4. The van der Waals surface area contributed by atoms with E-state index in [9.17, 15) is 4.79 Å². The molecule has 0 aliphatic carbocycles. The molecule has 0 saturated heterocycles. The van der Waals surface area contributed by atoms with E-state index in [0.717, 1.165) is 36.5 Å². The van der Waals surface area contributed by atoms with Gasteiger partial charge in [0, 0.05) is 31.4 Å². The first kappa shape index (κ1) is 17.1. The summed E-state index contributed by atoms with van der Waals surface area (Å²) in [6.07, 6.45) is 3.20. The molecule has 0 bridgehead atoms. The minimum Gasteiger partial charge on any atom is -0.346 e. The lowest BCUT2D eigenvalue weighted by Gasteiger charge is -2.21. The fraction of sp³-hybridized carbons (Fsp3) is 0.733. The van der Waals surface area contributed by atoms with E-state index in [0.29, 0.717) is 12.3 Å². The molecule has 1 atom stereocenters. The van der Waals surface area contributed by atoms with Crippen molar-refractivity contribution in [3.63, 3.8) is 0 Å². The molecule has 0 aliphatic rings. The number of amides is 1. The highest BCUT2D eigenvalue weighted by Crippen LogP contribution is 2.11. The van der Waals surface area contributed by atoms with Crippen molar-refractivity contribution in [3.05, 3.63) is 16.1 Å². The van der Waals surface area contributed by atoms with Crippen LogP contribution in [-0.4, -0.2) is 35.4 Å². The van der Waals surface area contributed by atoms with Crippen LogP contribution in [0.1, 0.15) is 43.8 Å². The second kappa shape index (κ2) is 8.37. The average molecular weight is 297 g/mol. The minimum absolute atomic E-state index is 0.170. The van der Waals surface area contributed by atoms with Crippen molar-refractivity contribution in [2.75, 3.05) is 13.6 Å². The number of nitrogens with two attached hydrogens (primary N) is 1. The molecule has 0 spiro atoms. The summed E-state index contributed by atoms with van der Waals surface area (Å²) in [6.45, 7) is 6.98. The summed E-state index contributed by atoms with van der Waals surface area (Å²) in [7, 11) is 1.86. The summed E-state index contributed by atoms with van der Waals surface area (Å²) in [4.78, 5) is 18.2. The Labute approximate surface area is 126 Å². The number of carbonyl (C=O) groups is 1. The summed E-state index contributed by atoms with van der Waals surface area (Å²) in [5.41, 5.74) is 7.10. The molecule has 20 heavy (non-hydrogen) atoms. The largest absolute Gasteiger partial charge is 0.346 e. The smallest absolute Gasteiger partial charge is 0.222 e. The SMILES string of the molecule is Cc1nc(CCCC(=O)N(C)CCC(N)C(C)C)cs1. The first-order valence-corrected chi connectivity index (χ1v) is 8.18. The maximum atomic E-state index is 12.0. The molecule has 1 unspecified atom stereocenters. The van der Waals surface area contributed by atoms with Gasteiger partial charge in [-0.05, 0) is 32.1 Å². The lowest BCUT2D eigenvalue weighted by atomic mass is 10.0. The molecule has 1 rings (SSSR count). The number of rotatable bonds is 8. The molecule has 1 amide bonds. The average Bonchev–Trinajstić information content (AvgIpc) is 2.80. The van der Waals surface area contributed by atoms with Gasteiger partial charge in [-0.25, -0.2) is 4.98 Å². The third-order valence-corrected chi connectivity index (χ3v) is 4.39. The number of hydrogen-bond donors (Lipinski definition) is 1. The molecule has 0 aliphatic heterocycles. The maximum absolute atomic E-state index is 12.0. The van der Waals surface area contributed by atoms with Gasteiger partial charge in [0.25, 0.3) is 0 Å². The van der Waals surface area contributed by atoms with Crippen molar-refractivity contribution in [2.24, 2.45) is 11.7 Å². The Morgan fingerprint density at radius 3 is 2.75 bits per heavy atom. The molecular weight excluding hydrogens is 270 g/mol. The predicted octanol–water partition coefficient (Wildman–Crippen LogP) is 2.61. The van der Waals surface area contributed by atoms with Crippen molar-refractivity contribution in [2.45, 2.75) is 52.5 Å². The van der Waals surface area contributed by atoms with Gasteiger partial charge in [-0.1, -0.05) is 13.8 Å². The normalized spacial score (nSPS) is 12.7. The lowest BCUT2D eigenvalue weighted by molar-refractivity contribution is -0.130. The summed E-state index contributed by atoms with van der Waals surface area (Å²) < 4.78 is 0. The number of aromatic nitrogens is 1. The minimum atomic E-state index is 0.170. The van der Waals surface area contributed by atoms with Gasteiger partial charge in [-0.2, -0.15) is 0 Å². The van der Waals surface area contributed by atoms with E-state index in [2.05, 4.69) is 24.2 Å². The van der Waals surface area contributed by atoms with Gasteiger partial charge < -0.3 is 10.6 Å². The van der Waals surface area contributed by atoms with Gasteiger partial charge in [0.2, 0.25) is 5.91 Å². The monoisotopic (exact) mass is 297 g/mol. The third kappa shape index (κ3) is 6.01. The van der Waals surface area contributed by atoms with Crippen molar-refractivity contribution in [1.29, 1.82) is 0 Å². The van der Waals surface area contributed by atoms with Crippen LogP contribution in [0.2, 0.25) is 0 Å². The van der Waals surface area contributed by atoms with Gasteiger partial charge in [0.1, 0.15) is 0 Å². The number of nitrogens with zero attached hydrogens (tertiary/aromatic N) is 2. The molecule has 0 saturated carbocycles. The van der Waals surface area contributed by atoms with Gasteiger partial charge in [0.05, 0.1) is 10.7 Å². The zero-order valence-corrected chi connectivity index (χ0v) is 13.9. The van der Waals surface area contributed by atoms with Crippen molar-refractivity contribution < 1.29 is 4.79 Å². The number of aryl methyl sites for hydroxylation is 2. The van der Waals surface area contributed by atoms with Crippen LogP contribution in [0.25, 0.3) is 0 Å². The van der Waals surface area contributed by atoms with Gasteiger partial charge in [-0.15, -0.1) is 11.3 Å². The number of carbonyl (C=O) groups excluding carboxylic acids is 1. The van der Waals surface area contributed by atoms with Gasteiger partial charge >= 0.3 is 0 Å². The van der Waals surface area contributed by atoms with Crippen LogP contribution in [0.4, 0.5) is 0 Å². The van der Waals surface area contributed by atoms with Crippen LogP contribution >= 0.6 is 11.3 Å². The van der Waals surface area contributed by atoms with E-state index in [1.807, 2.05) is 14.0 Å². The second-order valence-corrected chi connectivity index (χ2v) is 6.79. The van der Waals surface area contributed by atoms with E-state index >= 15 is 0 Å². The Morgan fingerprint density at radius 1 is 1.50 bits per heavy atom. The molecule has 5 heteroatoms. The maximum Gasteiger partial charge on any atom is 0.222 e. The standard InChI is InChI=1S/C15H27N3OS/c1-11(2)14(16)8-9-18(4)15(19)7-5-6-13-10-20-12(3)17-13/h10-11,14H,5-9,16H2,1-4H3. The van der Waals surface area contributed by atoms with Crippen molar-refractivity contribution >= 4 is 17.2 Å². The topological polar surface area (TPSA) is 59.2 Å². The van der Waals surface area contributed by atoms with Crippen molar-refractivity contribution in [3.8, 4) is 0 Å². The molecular formula is C15H27N3OS. The van der Waals surface area contributed by atoms with Crippen LogP contribution in [0.15, 0.2) is 5.38 Å². The lowest BCUT2D eigenvalue weighted by Crippen LogP contribution is -2.34. The molecule has 4 nitrogen and oxygen atoms in total. The zero-order valence-electron chi connectivity index (χ0n) is 13.1. The Kier molecular flexibility index (Phi) is 7.16. The highest BCUT2D eigenvalue weighted by molar-refractivity contribution is 7.09. The Bertz CT molecular complexity index is 417. The summed E-state index contributed by atoms with van der Waals surface area (Å²) in [5, 5.41) is 3.16. The second-order valence-electron chi connectivity index (χ2n) is 5.72. The van der Waals surface area contributed by atoms with Crippen LogP contribution in [0.3, 0.4) is 0 Å². The summed E-state index contributed by atoms with van der Waals surface area (Å²) in [6, 6.07) is 0.170. The molecule has 0 fully saturated rings. The Hall–Kier alpha value is -0.940. The van der Waals surface area contributed by atoms with Crippen LogP contribution < -0.4 is 5.73 Å². The summed E-state index contributed by atoms with van der Waals surface area (Å²) >= 11 is 1.66. The quantitative estimate of drug-likeness (QED) is 0.802. The van der Waals surface area contributed by atoms with Gasteiger partial charge in [0.15, 0.2) is 0 Å². The fourth-order valence-electron chi connectivity index (χ4n) is 1.94. The fourth-order valence-corrected chi connectivity index (χ4v) is 2.58. The molecule has 1 heterocycles. The highest BCUT2D eigenvalue weighted by Gasteiger charge is 2.12. The molecule has 114 valence electrons. The van der Waals surface area contributed by atoms with E-state index in [-0.39, 0.29) is 11.9 Å². The van der Waals surface area contributed by atoms with Crippen LogP contribution in [0, 0.1) is 12.8 Å². The van der Waals surface area contributed by atoms with E-state index in [1.54, 1.807) is 16.2 Å². The van der Waals surface area contributed by atoms with E-state index < -0.39 is 0 Å². The zero-order chi connectivity index (χ0) is 15.1. The van der Waals surface area contributed by atoms with E-state index in [1.165, 1.54) is 0 Å². The molecule has 1 aromatic heterocycles. The Morgan fingerprint density at radius 2 is 2.20 bits per heavy atom. The van der Waals surface area contributed by atoms with E-state index in [4.69, 9.17) is 5.73 Å². The third-order valence-electron chi connectivity index (χ3n) is 3.57. The molecule has 2 N–H and O–H groups in total. The highest BCUT2D eigenvalue weighted by atomic mass is 32.1. The van der Waals surface area contributed by atoms with Crippen molar-refractivity contribution in [1.82, 2.24) is 9.88 Å². The molecule has 0 radical (unpaired) electrons. The van der Waals surface area contributed by atoms with Crippen LogP contribution in [0.5, 0.6) is 0 Å². The predicted molar refractivity (Wildman–Crippen MR) is 84.9 cm³/mol. The Balaban J connectivity index is 2.21. The first-order chi connectivity index (χ1) is 9.40. The molecule has 0 aromatic carbocycles. The van der Waals surface area contributed by atoms with Gasteiger partial charge in [-0.3, -0.25) is 4.79 Å². The van der Waals surface area contributed by atoms with Crippen LogP contribution in [-0.2, 0) is 11.2 Å². The summed E-state index contributed by atoms with van der Waals surface area (Å²) in [5.74, 6) is 0.666. The number of thiazole rings is 1.